The van der Waals surface area contributed by atoms with Crippen molar-refractivity contribution < 1.29 is 19.1 Å². The van der Waals surface area contributed by atoms with Gasteiger partial charge in [-0.15, -0.1) is 0 Å². The summed E-state index contributed by atoms with van der Waals surface area (Å²) in [7, 11) is 1.65. The van der Waals surface area contributed by atoms with E-state index in [2.05, 4.69) is 13.0 Å². The molecule has 0 fully saturated rings. The summed E-state index contributed by atoms with van der Waals surface area (Å²) < 4.78 is 11.0. The Labute approximate surface area is 216 Å². The van der Waals surface area contributed by atoms with Gasteiger partial charge < -0.3 is 9.47 Å². The number of pyridine rings is 1. The maximum atomic E-state index is 13.6. The zero-order valence-corrected chi connectivity index (χ0v) is 21.3. The Kier molecular flexibility index (Phi) is 6.87. The summed E-state index contributed by atoms with van der Waals surface area (Å²) in [5.74, 6) is 0.0887. The van der Waals surface area contributed by atoms with Gasteiger partial charge in [-0.3, -0.25) is 4.79 Å². The van der Waals surface area contributed by atoms with Crippen LogP contribution >= 0.6 is 0 Å². The standard InChI is InChI=1S/C32H29NO4/c1-4-21-9-13-23(14-10-21)31(34)20(2)37-32(35)29-26-7-5-6-8-28(26)33-30-24(15-18-27(29)30)19-22-11-16-25(36-3)17-12-22/h5-14,16-17,19-20H,4,15,18H2,1-3H3. The number of aromatic nitrogens is 1. The molecule has 37 heavy (non-hydrogen) atoms. The summed E-state index contributed by atoms with van der Waals surface area (Å²) in [5, 5.41) is 0.740. The van der Waals surface area contributed by atoms with Crippen LogP contribution in [0, 0.1) is 0 Å². The molecule has 1 unspecified atom stereocenters. The number of ether oxygens (including phenoxy) is 2. The summed E-state index contributed by atoms with van der Waals surface area (Å²) in [6, 6.07) is 22.9. The van der Waals surface area contributed by atoms with Crippen molar-refractivity contribution in [3.63, 3.8) is 0 Å². The van der Waals surface area contributed by atoms with Crippen LogP contribution in [0.5, 0.6) is 5.75 Å². The lowest BCUT2D eigenvalue weighted by atomic mass is 10.00. The van der Waals surface area contributed by atoms with Crippen molar-refractivity contribution in [1.29, 1.82) is 0 Å². The highest BCUT2D eigenvalue weighted by Crippen LogP contribution is 2.38. The Hall–Kier alpha value is -4.25. The number of carbonyl (C=O) groups is 2. The van der Waals surface area contributed by atoms with Gasteiger partial charge in [-0.1, -0.05) is 61.5 Å². The van der Waals surface area contributed by atoms with Crippen molar-refractivity contribution in [3.05, 3.63) is 106 Å². The van der Waals surface area contributed by atoms with E-state index < -0.39 is 12.1 Å². The van der Waals surface area contributed by atoms with Crippen molar-refractivity contribution in [2.24, 2.45) is 0 Å². The van der Waals surface area contributed by atoms with E-state index in [4.69, 9.17) is 14.5 Å². The lowest BCUT2D eigenvalue weighted by Gasteiger charge is -2.16. The van der Waals surface area contributed by atoms with Crippen LogP contribution in [0.3, 0.4) is 0 Å². The number of rotatable bonds is 7. The molecule has 3 aromatic carbocycles. The molecule has 5 nitrogen and oxygen atoms in total. The van der Waals surface area contributed by atoms with E-state index in [1.165, 1.54) is 0 Å². The first kappa shape index (κ1) is 24.4. The number of esters is 1. The van der Waals surface area contributed by atoms with E-state index in [9.17, 15) is 9.59 Å². The largest absolute Gasteiger partial charge is 0.497 e. The highest BCUT2D eigenvalue weighted by Gasteiger charge is 2.29. The highest BCUT2D eigenvalue weighted by atomic mass is 16.5. The Bertz CT molecular complexity index is 1500. The van der Waals surface area contributed by atoms with E-state index in [-0.39, 0.29) is 5.78 Å². The fourth-order valence-corrected chi connectivity index (χ4v) is 4.83. The van der Waals surface area contributed by atoms with Crippen molar-refractivity contribution in [2.75, 3.05) is 7.11 Å². The second-order valence-electron chi connectivity index (χ2n) is 9.24. The second kappa shape index (κ2) is 10.4. The Balaban J connectivity index is 1.48. The van der Waals surface area contributed by atoms with Crippen LogP contribution in [-0.4, -0.2) is 30.0 Å². The number of ketones is 1. The fraction of sp³-hybridized carbons (Fsp3) is 0.219. The van der Waals surface area contributed by atoms with Gasteiger partial charge in [-0.05, 0) is 72.7 Å². The lowest BCUT2D eigenvalue weighted by Crippen LogP contribution is -2.25. The van der Waals surface area contributed by atoms with Gasteiger partial charge in [-0.25, -0.2) is 9.78 Å². The van der Waals surface area contributed by atoms with E-state index in [0.29, 0.717) is 17.5 Å². The van der Waals surface area contributed by atoms with Crippen molar-refractivity contribution in [2.45, 2.75) is 39.2 Å². The monoisotopic (exact) mass is 491 g/mol. The molecule has 1 aliphatic rings. The normalized spacial score (nSPS) is 14.4. The third-order valence-electron chi connectivity index (χ3n) is 6.90. The number of hydrogen-bond acceptors (Lipinski definition) is 5. The third kappa shape index (κ3) is 4.90. The smallest absolute Gasteiger partial charge is 0.339 e. The Morgan fingerprint density at radius 1 is 0.973 bits per heavy atom. The topological polar surface area (TPSA) is 65.5 Å². The second-order valence-corrected chi connectivity index (χ2v) is 9.24. The molecule has 0 spiro atoms. The number of benzene rings is 3. The number of Topliss-reactive ketones (excluding diaryl/α,β-unsaturated/α-hetero) is 1. The fourth-order valence-electron chi connectivity index (χ4n) is 4.83. The molecule has 1 aliphatic carbocycles. The molecule has 0 saturated carbocycles. The van der Waals surface area contributed by atoms with Gasteiger partial charge in [0.2, 0.25) is 5.78 Å². The summed E-state index contributed by atoms with van der Waals surface area (Å²) >= 11 is 0. The van der Waals surface area contributed by atoms with Crippen molar-refractivity contribution in [1.82, 2.24) is 4.98 Å². The van der Waals surface area contributed by atoms with E-state index in [1.54, 1.807) is 26.2 Å². The summed E-state index contributed by atoms with van der Waals surface area (Å²) in [6.07, 6.45) is 3.55. The SMILES string of the molecule is CCc1ccc(C(=O)C(C)OC(=O)c2c3c(nc4ccccc24)C(=Cc2ccc(OC)cc2)CC3)cc1. The molecule has 1 aromatic heterocycles. The number of methoxy groups -OCH3 is 1. The molecule has 0 radical (unpaired) electrons. The van der Waals surface area contributed by atoms with Crippen LogP contribution in [0.25, 0.3) is 22.6 Å². The molecule has 0 aliphatic heterocycles. The van der Waals surface area contributed by atoms with E-state index in [0.717, 1.165) is 57.5 Å². The third-order valence-corrected chi connectivity index (χ3v) is 6.90. The zero-order chi connectivity index (χ0) is 25.9. The van der Waals surface area contributed by atoms with Crippen LogP contribution in [0.15, 0.2) is 72.8 Å². The minimum Gasteiger partial charge on any atom is -0.497 e. The van der Waals surface area contributed by atoms with Crippen molar-refractivity contribution in [3.8, 4) is 5.75 Å². The van der Waals surface area contributed by atoms with E-state index in [1.807, 2.05) is 60.7 Å². The number of para-hydroxylation sites is 1. The number of nitrogens with zero attached hydrogens (tertiary/aromatic N) is 1. The summed E-state index contributed by atoms with van der Waals surface area (Å²) in [6.45, 7) is 3.70. The quantitative estimate of drug-likeness (QED) is 0.212. The van der Waals surface area contributed by atoms with Crippen LogP contribution in [0.2, 0.25) is 0 Å². The zero-order valence-electron chi connectivity index (χ0n) is 21.3. The minimum atomic E-state index is -0.904. The number of hydrogen-bond donors (Lipinski definition) is 0. The predicted octanol–water partition coefficient (Wildman–Crippen LogP) is 6.72. The van der Waals surface area contributed by atoms with Crippen LogP contribution in [-0.2, 0) is 17.6 Å². The van der Waals surface area contributed by atoms with Crippen molar-refractivity contribution >= 4 is 34.3 Å². The molecule has 1 heterocycles. The number of carbonyl (C=O) groups excluding carboxylic acids is 2. The molecule has 0 saturated heterocycles. The predicted molar refractivity (Wildman–Crippen MR) is 146 cm³/mol. The lowest BCUT2D eigenvalue weighted by molar-refractivity contribution is 0.0319. The molecule has 1 atom stereocenters. The molecule has 5 heteroatoms. The average molecular weight is 492 g/mol. The first-order chi connectivity index (χ1) is 18.0. The molecule has 0 N–H and O–H groups in total. The van der Waals surface area contributed by atoms with Crippen LogP contribution in [0.4, 0.5) is 0 Å². The first-order valence-corrected chi connectivity index (χ1v) is 12.6. The number of fused-ring (bicyclic) bond motifs is 2. The van der Waals surface area contributed by atoms with E-state index >= 15 is 0 Å². The van der Waals surface area contributed by atoms with Gasteiger partial charge in [0.05, 0.1) is 23.9 Å². The first-order valence-electron chi connectivity index (χ1n) is 12.6. The minimum absolute atomic E-state index is 0.217. The molecular weight excluding hydrogens is 462 g/mol. The van der Waals surface area contributed by atoms with Gasteiger partial charge in [0.15, 0.2) is 6.10 Å². The summed E-state index contributed by atoms with van der Waals surface area (Å²) in [4.78, 5) is 31.5. The highest BCUT2D eigenvalue weighted by molar-refractivity contribution is 6.08. The van der Waals surface area contributed by atoms with Gasteiger partial charge in [0, 0.05) is 10.9 Å². The van der Waals surface area contributed by atoms with Gasteiger partial charge in [0.25, 0.3) is 0 Å². The molecule has 5 rings (SSSR count). The average Bonchev–Trinajstić information content (AvgIpc) is 3.33. The van der Waals surface area contributed by atoms with Crippen LogP contribution < -0.4 is 4.74 Å². The molecule has 4 aromatic rings. The summed E-state index contributed by atoms with van der Waals surface area (Å²) in [5.41, 5.74) is 6.71. The maximum Gasteiger partial charge on any atom is 0.339 e. The van der Waals surface area contributed by atoms with Gasteiger partial charge in [-0.2, -0.15) is 0 Å². The Morgan fingerprint density at radius 3 is 2.41 bits per heavy atom. The van der Waals surface area contributed by atoms with Crippen LogP contribution in [0.1, 0.15) is 63.4 Å². The maximum absolute atomic E-state index is 13.6. The molecule has 0 amide bonds. The number of aryl methyl sites for hydroxylation is 1. The van der Waals surface area contributed by atoms with Gasteiger partial charge in [0.1, 0.15) is 5.75 Å². The molecular formula is C32H29NO4. The molecule has 186 valence electrons. The Morgan fingerprint density at radius 2 is 1.70 bits per heavy atom. The van der Waals surface area contributed by atoms with Gasteiger partial charge >= 0.3 is 5.97 Å². The number of allylic oxidation sites excluding steroid dienone is 1. The molecule has 0 bridgehead atoms.